The topological polar surface area (TPSA) is 84.7 Å². The number of carbonyl (C=O) groups excluding carboxylic acids is 1. The number of tetrazole rings is 1. The summed E-state index contributed by atoms with van der Waals surface area (Å²) in [6, 6.07) is 0. The molecule has 7 heteroatoms. The Hall–Kier alpha value is -1.50. The van der Waals surface area contributed by atoms with E-state index in [1.165, 1.54) is 23.9 Å². The first-order valence-corrected chi connectivity index (χ1v) is 6.03. The summed E-state index contributed by atoms with van der Waals surface area (Å²) in [6.07, 6.45) is 4.97. The van der Waals surface area contributed by atoms with E-state index in [-0.39, 0.29) is 12.5 Å². The fourth-order valence-corrected chi connectivity index (χ4v) is 2.04. The quantitative estimate of drug-likeness (QED) is 0.700. The molecule has 1 saturated heterocycles. The van der Waals surface area contributed by atoms with Gasteiger partial charge in [0.05, 0.1) is 0 Å². The molecule has 1 aliphatic rings. The fraction of sp³-hybridized carbons (Fsp3) is 0.800. The fourth-order valence-electron chi connectivity index (χ4n) is 2.04. The largest absolute Gasteiger partial charge is 0.354 e. The number of piperidine rings is 1. The monoisotopic (exact) mass is 238 g/mol. The van der Waals surface area contributed by atoms with Crippen LogP contribution >= 0.6 is 0 Å². The van der Waals surface area contributed by atoms with Gasteiger partial charge in [0, 0.05) is 6.54 Å². The van der Waals surface area contributed by atoms with Crippen LogP contribution in [-0.2, 0) is 11.3 Å². The average Bonchev–Trinajstić information content (AvgIpc) is 2.83. The SMILES string of the molecule is O=C(Cn1cnnn1)NCCC1CCCNC1. The molecular formula is C10H18N6O. The van der Waals surface area contributed by atoms with Gasteiger partial charge in [0.1, 0.15) is 12.9 Å². The van der Waals surface area contributed by atoms with Gasteiger partial charge in [0.2, 0.25) is 5.91 Å². The van der Waals surface area contributed by atoms with E-state index >= 15 is 0 Å². The molecule has 1 atom stereocenters. The summed E-state index contributed by atoms with van der Waals surface area (Å²) in [6.45, 7) is 3.12. The summed E-state index contributed by atoms with van der Waals surface area (Å²) >= 11 is 0. The molecule has 17 heavy (non-hydrogen) atoms. The van der Waals surface area contributed by atoms with Crippen molar-refractivity contribution < 1.29 is 4.79 Å². The molecule has 1 unspecified atom stereocenters. The van der Waals surface area contributed by atoms with E-state index in [4.69, 9.17) is 0 Å². The van der Waals surface area contributed by atoms with Crippen molar-refractivity contribution in [3.8, 4) is 0 Å². The van der Waals surface area contributed by atoms with Crippen LogP contribution in [0.2, 0.25) is 0 Å². The van der Waals surface area contributed by atoms with Crippen LogP contribution in [0.1, 0.15) is 19.3 Å². The minimum absolute atomic E-state index is 0.0407. The predicted molar refractivity (Wildman–Crippen MR) is 61.0 cm³/mol. The highest BCUT2D eigenvalue weighted by Gasteiger charge is 2.12. The zero-order valence-corrected chi connectivity index (χ0v) is 9.80. The summed E-state index contributed by atoms with van der Waals surface area (Å²) in [5.74, 6) is 0.651. The highest BCUT2D eigenvalue weighted by molar-refractivity contribution is 5.75. The maximum absolute atomic E-state index is 11.5. The van der Waals surface area contributed by atoms with Crippen molar-refractivity contribution in [1.29, 1.82) is 0 Å². The van der Waals surface area contributed by atoms with Gasteiger partial charge in [-0.15, -0.1) is 5.10 Å². The number of nitrogens with zero attached hydrogens (tertiary/aromatic N) is 4. The van der Waals surface area contributed by atoms with Crippen molar-refractivity contribution >= 4 is 5.91 Å². The first-order valence-electron chi connectivity index (χ1n) is 6.03. The molecule has 1 aliphatic heterocycles. The summed E-state index contributed by atoms with van der Waals surface area (Å²) in [5, 5.41) is 16.8. The van der Waals surface area contributed by atoms with Crippen LogP contribution < -0.4 is 10.6 Å². The van der Waals surface area contributed by atoms with Gasteiger partial charge in [-0.25, -0.2) is 4.68 Å². The van der Waals surface area contributed by atoms with Crippen molar-refractivity contribution in [2.24, 2.45) is 5.92 Å². The smallest absolute Gasteiger partial charge is 0.241 e. The second kappa shape index (κ2) is 6.29. The third kappa shape index (κ3) is 4.10. The van der Waals surface area contributed by atoms with Crippen LogP contribution in [0.5, 0.6) is 0 Å². The second-order valence-electron chi connectivity index (χ2n) is 4.36. The van der Waals surface area contributed by atoms with Crippen LogP contribution in [-0.4, -0.2) is 45.7 Å². The van der Waals surface area contributed by atoms with Gasteiger partial charge in [-0.2, -0.15) is 0 Å². The lowest BCUT2D eigenvalue weighted by atomic mass is 9.96. The van der Waals surface area contributed by atoms with E-state index in [0.29, 0.717) is 5.92 Å². The zero-order chi connectivity index (χ0) is 11.9. The Morgan fingerprint density at radius 1 is 1.59 bits per heavy atom. The Kier molecular flexibility index (Phi) is 4.43. The number of nitrogens with one attached hydrogen (secondary N) is 2. The molecule has 2 N–H and O–H groups in total. The minimum Gasteiger partial charge on any atom is -0.354 e. The number of hydrogen-bond acceptors (Lipinski definition) is 5. The van der Waals surface area contributed by atoms with E-state index in [1.807, 2.05) is 0 Å². The van der Waals surface area contributed by atoms with Gasteiger partial charge < -0.3 is 10.6 Å². The molecular weight excluding hydrogens is 220 g/mol. The number of aromatic nitrogens is 4. The lowest BCUT2D eigenvalue weighted by Gasteiger charge is -2.22. The molecule has 1 fully saturated rings. The van der Waals surface area contributed by atoms with E-state index in [9.17, 15) is 4.79 Å². The molecule has 0 aliphatic carbocycles. The van der Waals surface area contributed by atoms with Crippen molar-refractivity contribution in [2.45, 2.75) is 25.8 Å². The van der Waals surface area contributed by atoms with E-state index in [2.05, 4.69) is 26.2 Å². The van der Waals surface area contributed by atoms with E-state index in [0.717, 1.165) is 26.1 Å². The Morgan fingerprint density at radius 2 is 2.53 bits per heavy atom. The molecule has 0 spiro atoms. The van der Waals surface area contributed by atoms with Crippen molar-refractivity contribution in [3.05, 3.63) is 6.33 Å². The van der Waals surface area contributed by atoms with Crippen molar-refractivity contribution in [1.82, 2.24) is 30.8 Å². The minimum atomic E-state index is -0.0407. The van der Waals surface area contributed by atoms with Gasteiger partial charge in [-0.05, 0) is 48.7 Å². The van der Waals surface area contributed by atoms with Crippen LogP contribution in [0.3, 0.4) is 0 Å². The third-order valence-corrected chi connectivity index (χ3v) is 2.97. The highest BCUT2D eigenvalue weighted by atomic mass is 16.2. The normalized spacial score (nSPS) is 20.1. The predicted octanol–water partition coefficient (Wildman–Crippen LogP) is -0.821. The molecule has 2 rings (SSSR count). The van der Waals surface area contributed by atoms with Crippen LogP contribution in [0, 0.1) is 5.92 Å². The number of rotatable bonds is 5. The summed E-state index contributed by atoms with van der Waals surface area (Å²) in [7, 11) is 0. The van der Waals surface area contributed by atoms with Gasteiger partial charge in [0.25, 0.3) is 0 Å². The summed E-state index contributed by atoms with van der Waals surface area (Å²) < 4.78 is 1.41. The molecule has 94 valence electrons. The molecule has 0 bridgehead atoms. The Balaban J connectivity index is 1.59. The molecule has 1 aromatic heterocycles. The average molecular weight is 238 g/mol. The van der Waals surface area contributed by atoms with Crippen LogP contribution in [0.25, 0.3) is 0 Å². The number of amides is 1. The third-order valence-electron chi connectivity index (χ3n) is 2.97. The molecule has 1 aromatic rings. The van der Waals surface area contributed by atoms with Crippen molar-refractivity contribution in [3.63, 3.8) is 0 Å². The standard InChI is InChI=1S/C10H18N6O/c17-10(7-16-8-13-14-15-16)12-5-3-9-2-1-4-11-6-9/h8-9,11H,1-7H2,(H,12,17). The van der Waals surface area contributed by atoms with Gasteiger partial charge in [-0.3, -0.25) is 4.79 Å². The van der Waals surface area contributed by atoms with Gasteiger partial charge in [-0.1, -0.05) is 0 Å². The maximum Gasteiger partial charge on any atom is 0.241 e. The maximum atomic E-state index is 11.5. The Morgan fingerprint density at radius 3 is 3.24 bits per heavy atom. The molecule has 7 nitrogen and oxygen atoms in total. The Bertz CT molecular complexity index is 333. The first kappa shape index (κ1) is 12.0. The highest BCUT2D eigenvalue weighted by Crippen LogP contribution is 2.12. The summed E-state index contributed by atoms with van der Waals surface area (Å²) in [5.41, 5.74) is 0. The summed E-state index contributed by atoms with van der Waals surface area (Å²) in [4.78, 5) is 11.5. The van der Waals surface area contributed by atoms with Gasteiger partial charge >= 0.3 is 0 Å². The Labute approximate surface area is 100.0 Å². The first-order chi connectivity index (χ1) is 8.34. The molecule has 0 saturated carbocycles. The molecule has 1 amide bonds. The zero-order valence-electron chi connectivity index (χ0n) is 9.80. The second-order valence-corrected chi connectivity index (χ2v) is 4.36. The lowest BCUT2D eigenvalue weighted by molar-refractivity contribution is -0.121. The van der Waals surface area contributed by atoms with Crippen molar-refractivity contribution in [2.75, 3.05) is 19.6 Å². The molecule has 2 heterocycles. The van der Waals surface area contributed by atoms with E-state index in [1.54, 1.807) is 0 Å². The molecule has 0 aromatic carbocycles. The number of carbonyl (C=O) groups is 1. The van der Waals surface area contributed by atoms with Crippen LogP contribution in [0.4, 0.5) is 0 Å². The van der Waals surface area contributed by atoms with Gasteiger partial charge in [0.15, 0.2) is 0 Å². The lowest BCUT2D eigenvalue weighted by Crippen LogP contribution is -2.34. The number of hydrogen-bond donors (Lipinski definition) is 2. The van der Waals surface area contributed by atoms with E-state index < -0.39 is 0 Å². The molecule has 0 radical (unpaired) electrons. The van der Waals surface area contributed by atoms with Crippen LogP contribution in [0.15, 0.2) is 6.33 Å².